The number of benzene rings is 2. The van der Waals surface area contributed by atoms with Gasteiger partial charge in [-0.15, -0.1) is 0 Å². The second-order valence-corrected chi connectivity index (χ2v) is 8.23. The minimum Gasteiger partial charge on any atom is -0.462 e. The molecule has 34 heavy (non-hydrogen) atoms. The Kier molecular flexibility index (Phi) is 9.77. The van der Waals surface area contributed by atoms with Gasteiger partial charge in [0.05, 0.1) is 24.4 Å². The van der Waals surface area contributed by atoms with Gasteiger partial charge in [0.25, 0.3) is 0 Å². The molecule has 0 spiro atoms. The van der Waals surface area contributed by atoms with Crippen LogP contribution in [0.1, 0.15) is 52.4 Å². The Hall–Kier alpha value is -3.54. The first-order chi connectivity index (χ1) is 16.6. The van der Waals surface area contributed by atoms with E-state index in [0.29, 0.717) is 35.8 Å². The van der Waals surface area contributed by atoms with Crippen LogP contribution in [0.15, 0.2) is 83.2 Å². The van der Waals surface area contributed by atoms with Crippen LogP contribution >= 0.6 is 0 Å². The average molecular weight is 463 g/mol. The zero-order valence-electron chi connectivity index (χ0n) is 20.1. The summed E-state index contributed by atoms with van der Waals surface area (Å²) in [6.07, 6.45) is 3.98. The fraction of sp³-hybridized carbons (Fsp3) is 0.357. The summed E-state index contributed by atoms with van der Waals surface area (Å²) >= 11 is 0. The molecule has 0 amide bonds. The van der Waals surface area contributed by atoms with Crippen LogP contribution in [-0.2, 0) is 19.1 Å². The summed E-state index contributed by atoms with van der Waals surface area (Å²) in [5, 5.41) is 6.70. The number of allylic oxidation sites excluding steroid dienone is 2. The van der Waals surface area contributed by atoms with Crippen LogP contribution in [0.25, 0.3) is 0 Å². The number of anilines is 2. The molecule has 6 nitrogen and oxygen atoms in total. The molecule has 1 aliphatic carbocycles. The van der Waals surface area contributed by atoms with E-state index in [0.717, 1.165) is 37.1 Å². The van der Waals surface area contributed by atoms with Crippen molar-refractivity contribution in [3.05, 3.63) is 83.2 Å². The highest BCUT2D eigenvalue weighted by Crippen LogP contribution is 2.33. The maximum absolute atomic E-state index is 13.1. The zero-order valence-corrected chi connectivity index (χ0v) is 20.1. The summed E-state index contributed by atoms with van der Waals surface area (Å²) in [4.78, 5) is 26.1. The van der Waals surface area contributed by atoms with Crippen molar-refractivity contribution in [1.29, 1.82) is 0 Å². The highest BCUT2D eigenvalue weighted by atomic mass is 16.5. The number of carbonyl (C=O) groups excluding carboxylic acids is 2. The van der Waals surface area contributed by atoms with E-state index < -0.39 is 0 Å². The van der Waals surface area contributed by atoms with E-state index in [2.05, 4.69) is 24.5 Å². The molecule has 0 atom stereocenters. The van der Waals surface area contributed by atoms with Crippen LogP contribution in [0, 0.1) is 0 Å². The smallest absolute Gasteiger partial charge is 0.336 e. The van der Waals surface area contributed by atoms with Gasteiger partial charge in [0.1, 0.15) is 0 Å². The van der Waals surface area contributed by atoms with E-state index >= 15 is 0 Å². The Balaban J connectivity index is 1.93. The number of ether oxygens (including phenoxy) is 2. The standard InChI is InChI=1S/C28H34N2O4/c1-3-5-17-33-27(31)23-19-26(30-22-15-11-8-12-16-22)24(28(32)34-18-6-4-2)20-25(23)29-21-13-9-7-10-14-21/h7-16,29-30H,3-6,17-20H2,1-2H3. The fourth-order valence-electron chi connectivity index (χ4n) is 3.59. The first-order valence-electron chi connectivity index (χ1n) is 12.0. The molecule has 180 valence electrons. The third-order valence-corrected chi connectivity index (χ3v) is 5.53. The predicted octanol–water partition coefficient (Wildman–Crippen LogP) is 6.20. The lowest BCUT2D eigenvalue weighted by Gasteiger charge is -2.26. The molecule has 0 unspecified atom stereocenters. The molecule has 2 aromatic rings. The molecule has 3 rings (SSSR count). The van der Waals surface area contributed by atoms with E-state index in [9.17, 15) is 9.59 Å². The minimum atomic E-state index is -0.363. The van der Waals surface area contributed by atoms with Gasteiger partial charge in [-0.05, 0) is 37.1 Å². The van der Waals surface area contributed by atoms with Gasteiger partial charge in [-0.1, -0.05) is 63.1 Å². The third-order valence-electron chi connectivity index (χ3n) is 5.53. The number of hydrogen-bond donors (Lipinski definition) is 2. The van der Waals surface area contributed by atoms with Gasteiger partial charge in [0, 0.05) is 35.6 Å². The van der Waals surface area contributed by atoms with Gasteiger partial charge < -0.3 is 20.1 Å². The maximum atomic E-state index is 13.1. The first-order valence-corrected chi connectivity index (χ1v) is 12.0. The van der Waals surface area contributed by atoms with E-state index in [1.807, 2.05) is 60.7 Å². The molecule has 6 heteroatoms. The van der Waals surface area contributed by atoms with Gasteiger partial charge in [0.2, 0.25) is 0 Å². The maximum Gasteiger partial charge on any atom is 0.336 e. The Labute approximate surface area is 202 Å². The monoisotopic (exact) mass is 462 g/mol. The molecule has 1 aliphatic rings. The Bertz CT molecular complexity index is 930. The second kappa shape index (κ2) is 13.2. The topological polar surface area (TPSA) is 76.7 Å². The quantitative estimate of drug-likeness (QED) is 0.289. The molecule has 0 saturated heterocycles. The molecule has 2 N–H and O–H groups in total. The van der Waals surface area contributed by atoms with Crippen LogP contribution in [0.5, 0.6) is 0 Å². The summed E-state index contributed by atoms with van der Waals surface area (Å²) in [5.41, 5.74) is 4.04. The molecular weight excluding hydrogens is 428 g/mol. The number of rotatable bonds is 12. The van der Waals surface area contributed by atoms with E-state index in [-0.39, 0.29) is 24.8 Å². The van der Waals surface area contributed by atoms with E-state index in [1.54, 1.807) is 0 Å². The number of esters is 2. The lowest BCUT2D eigenvalue weighted by atomic mass is 9.92. The summed E-state index contributed by atoms with van der Waals surface area (Å²) in [6, 6.07) is 19.2. The summed E-state index contributed by atoms with van der Waals surface area (Å²) in [5.74, 6) is -0.727. The number of carbonyl (C=O) groups is 2. The lowest BCUT2D eigenvalue weighted by Crippen LogP contribution is -2.25. The van der Waals surface area contributed by atoms with E-state index in [4.69, 9.17) is 9.47 Å². The van der Waals surface area contributed by atoms with Crippen molar-refractivity contribution in [2.45, 2.75) is 52.4 Å². The molecule has 0 bridgehead atoms. The number of para-hydroxylation sites is 2. The van der Waals surface area contributed by atoms with Crippen molar-refractivity contribution in [2.75, 3.05) is 23.8 Å². The Morgan fingerprint density at radius 2 is 1.06 bits per heavy atom. The molecule has 0 fully saturated rings. The van der Waals surface area contributed by atoms with Gasteiger partial charge in [-0.3, -0.25) is 0 Å². The molecule has 0 heterocycles. The SMILES string of the molecule is CCCCOC(=O)C1=C(Nc2ccccc2)CC(C(=O)OCCCC)=C(Nc2ccccc2)C1. The normalized spacial score (nSPS) is 13.5. The van der Waals surface area contributed by atoms with Crippen LogP contribution in [0.3, 0.4) is 0 Å². The van der Waals surface area contributed by atoms with Gasteiger partial charge in [-0.2, -0.15) is 0 Å². The molecule has 0 radical (unpaired) electrons. The summed E-state index contributed by atoms with van der Waals surface area (Å²) < 4.78 is 11.1. The Morgan fingerprint density at radius 1 is 0.676 bits per heavy atom. The van der Waals surface area contributed by atoms with Crippen molar-refractivity contribution >= 4 is 23.3 Å². The fourth-order valence-corrected chi connectivity index (χ4v) is 3.59. The van der Waals surface area contributed by atoms with Gasteiger partial charge in [-0.25, -0.2) is 9.59 Å². The first kappa shape index (κ1) is 25.1. The van der Waals surface area contributed by atoms with Crippen LogP contribution in [0.4, 0.5) is 11.4 Å². The minimum absolute atomic E-state index is 0.243. The molecule has 0 aromatic heterocycles. The average Bonchev–Trinajstić information content (AvgIpc) is 2.86. The van der Waals surface area contributed by atoms with Crippen molar-refractivity contribution in [2.24, 2.45) is 0 Å². The van der Waals surface area contributed by atoms with E-state index in [1.165, 1.54) is 0 Å². The lowest BCUT2D eigenvalue weighted by molar-refractivity contribution is -0.140. The summed E-state index contributed by atoms with van der Waals surface area (Å²) in [7, 11) is 0. The van der Waals surface area contributed by atoms with Gasteiger partial charge >= 0.3 is 11.9 Å². The molecular formula is C28H34N2O4. The Morgan fingerprint density at radius 3 is 1.41 bits per heavy atom. The van der Waals surface area contributed by atoms with Crippen molar-refractivity contribution in [1.82, 2.24) is 0 Å². The highest BCUT2D eigenvalue weighted by molar-refractivity contribution is 5.96. The predicted molar refractivity (Wildman–Crippen MR) is 135 cm³/mol. The number of unbranched alkanes of at least 4 members (excludes halogenated alkanes) is 2. The van der Waals surface area contributed by atoms with Gasteiger partial charge in [0.15, 0.2) is 0 Å². The third kappa shape index (κ3) is 7.24. The van der Waals surface area contributed by atoms with Crippen LogP contribution in [0.2, 0.25) is 0 Å². The highest BCUT2D eigenvalue weighted by Gasteiger charge is 2.30. The largest absolute Gasteiger partial charge is 0.462 e. The van der Waals surface area contributed by atoms with Crippen molar-refractivity contribution < 1.29 is 19.1 Å². The van der Waals surface area contributed by atoms with Crippen molar-refractivity contribution in [3.63, 3.8) is 0 Å². The zero-order chi connectivity index (χ0) is 24.2. The van der Waals surface area contributed by atoms with Crippen molar-refractivity contribution in [3.8, 4) is 0 Å². The number of hydrogen-bond acceptors (Lipinski definition) is 6. The summed E-state index contributed by atoms with van der Waals surface area (Å²) in [6.45, 7) is 4.84. The molecule has 0 aliphatic heterocycles. The van der Waals surface area contributed by atoms with Crippen LogP contribution in [-0.4, -0.2) is 25.2 Å². The molecule has 2 aromatic carbocycles. The van der Waals surface area contributed by atoms with Crippen LogP contribution < -0.4 is 10.6 Å². The second-order valence-electron chi connectivity index (χ2n) is 8.23. The molecule has 0 saturated carbocycles. The number of nitrogens with one attached hydrogen (secondary N) is 2.